The van der Waals surface area contributed by atoms with Crippen LogP contribution in [0.2, 0.25) is 0 Å². The standard InChI is InChI=1S/C17H22N4O4/c1-17(2,3)25-16(24)20-11-15(23)21-13-6-4-5-12(9-13)10-19-14(22)7-8-18/h4-6,9H,7,10-11H2,1-3H3,(H,19,22)(H,20,24)(H,21,23). The number of carbonyl (C=O) groups is 3. The fourth-order valence-electron chi connectivity index (χ4n) is 1.77. The smallest absolute Gasteiger partial charge is 0.408 e. The highest BCUT2D eigenvalue weighted by molar-refractivity contribution is 5.93. The second kappa shape index (κ2) is 9.27. The van der Waals surface area contributed by atoms with Gasteiger partial charge in [0.15, 0.2) is 0 Å². The minimum absolute atomic E-state index is 0.202. The molecule has 8 heteroatoms. The van der Waals surface area contributed by atoms with Crippen LogP contribution >= 0.6 is 0 Å². The Labute approximate surface area is 146 Å². The lowest BCUT2D eigenvalue weighted by molar-refractivity contribution is -0.120. The van der Waals surface area contributed by atoms with E-state index in [4.69, 9.17) is 10.00 Å². The van der Waals surface area contributed by atoms with Crippen molar-refractivity contribution in [2.24, 2.45) is 0 Å². The third-order valence-electron chi connectivity index (χ3n) is 2.73. The molecule has 0 heterocycles. The molecule has 0 spiro atoms. The van der Waals surface area contributed by atoms with Crippen molar-refractivity contribution in [2.75, 3.05) is 11.9 Å². The Morgan fingerprint density at radius 1 is 1.16 bits per heavy atom. The summed E-state index contributed by atoms with van der Waals surface area (Å²) in [5.41, 5.74) is 0.664. The van der Waals surface area contributed by atoms with Crippen LogP contribution in [-0.2, 0) is 20.9 Å². The van der Waals surface area contributed by atoms with Gasteiger partial charge in [0.1, 0.15) is 18.6 Å². The van der Waals surface area contributed by atoms with Gasteiger partial charge in [0.05, 0.1) is 6.07 Å². The summed E-state index contributed by atoms with van der Waals surface area (Å²) >= 11 is 0. The molecular weight excluding hydrogens is 324 g/mol. The zero-order chi connectivity index (χ0) is 18.9. The molecule has 134 valence electrons. The van der Waals surface area contributed by atoms with Crippen LogP contribution in [0.3, 0.4) is 0 Å². The minimum atomic E-state index is -0.670. The van der Waals surface area contributed by atoms with E-state index < -0.39 is 17.6 Å². The number of carbonyl (C=O) groups excluding carboxylic acids is 3. The molecule has 0 atom stereocenters. The number of hydrogen-bond donors (Lipinski definition) is 3. The largest absolute Gasteiger partial charge is 0.444 e. The highest BCUT2D eigenvalue weighted by Gasteiger charge is 2.16. The molecule has 3 amide bonds. The molecule has 0 saturated heterocycles. The molecule has 0 aliphatic carbocycles. The molecule has 1 aromatic rings. The Balaban J connectivity index is 2.47. The molecular formula is C17H22N4O4. The molecule has 0 unspecified atom stereocenters. The molecule has 0 aromatic heterocycles. The van der Waals surface area contributed by atoms with Crippen molar-refractivity contribution in [2.45, 2.75) is 39.3 Å². The lowest BCUT2D eigenvalue weighted by Gasteiger charge is -2.19. The first-order valence-electron chi connectivity index (χ1n) is 7.69. The van der Waals surface area contributed by atoms with Crippen LogP contribution < -0.4 is 16.0 Å². The van der Waals surface area contributed by atoms with Gasteiger partial charge in [-0.3, -0.25) is 9.59 Å². The number of benzene rings is 1. The van der Waals surface area contributed by atoms with Gasteiger partial charge in [0, 0.05) is 12.2 Å². The summed E-state index contributed by atoms with van der Waals surface area (Å²) in [7, 11) is 0. The fourth-order valence-corrected chi connectivity index (χ4v) is 1.77. The number of anilines is 1. The van der Waals surface area contributed by atoms with E-state index in [0.717, 1.165) is 5.56 Å². The van der Waals surface area contributed by atoms with E-state index in [1.807, 2.05) is 0 Å². The van der Waals surface area contributed by atoms with Gasteiger partial charge in [-0.05, 0) is 38.5 Å². The first kappa shape index (κ1) is 20.0. The maximum Gasteiger partial charge on any atom is 0.408 e. The summed E-state index contributed by atoms with van der Waals surface area (Å²) in [6.45, 7) is 5.22. The van der Waals surface area contributed by atoms with E-state index in [2.05, 4.69) is 16.0 Å². The Morgan fingerprint density at radius 2 is 1.88 bits per heavy atom. The van der Waals surface area contributed by atoms with E-state index >= 15 is 0 Å². The van der Waals surface area contributed by atoms with E-state index in [0.29, 0.717) is 5.69 Å². The lowest BCUT2D eigenvalue weighted by Crippen LogP contribution is -2.37. The highest BCUT2D eigenvalue weighted by Crippen LogP contribution is 2.10. The van der Waals surface area contributed by atoms with Gasteiger partial charge in [-0.15, -0.1) is 0 Å². The van der Waals surface area contributed by atoms with Gasteiger partial charge < -0.3 is 20.7 Å². The molecule has 8 nitrogen and oxygen atoms in total. The Hall–Kier alpha value is -3.08. The molecule has 0 bridgehead atoms. The van der Waals surface area contributed by atoms with Gasteiger partial charge in [0.2, 0.25) is 11.8 Å². The average molecular weight is 346 g/mol. The van der Waals surface area contributed by atoms with Crippen LogP contribution in [-0.4, -0.2) is 30.1 Å². The van der Waals surface area contributed by atoms with Crippen molar-refractivity contribution in [3.8, 4) is 6.07 Å². The van der Waals surface area contributed by atoms with E-state index in [-0.39, 0.29) is 25.4 Å². The van der Waals surface area contributed by atoms with Crippen molar-refractivity contribution in [3.05, 3.63) is 29.8 Å². The zero-order valence-corrected chi connectivity index (χ0v) is 14.5. The van der Waals surface area contributed by atoms with E-state index in [9.17, 15) is 14.4 Å². The highest BCUT2D eigenvalue weighted by atomic mass is 16.6. The zero-order valence-electron chi connectivity index (χ0n) is 14.5. The number of nitriles is 1. The van der Waals surface area contributed by atoms with Crippen molar-refractivity contribution in [3.63, 3.8) is 0 Å². The topological polar surface area (TPSA) is 120 Å². The van der Waals surface area contributed by atoms with Gasteiger partial charge in [0.25, 0.3) is 0 Å². The van der Waals surface area contributed by atoms with Crippen LogP contribution in [0, 0.1) is 11.3 Å². The minimum Gasteiger partial charge on any atom is -0.444 e. The molecule has 0 radical (unpaired) electrons. The number of alkyl carbamates (subject to hydrolysis) is 1. The number of amides is 3. The third-order valence-corrected chi connectivity index (χ3v) is 2.73. The molecule has 1 rings (SSSR count). The van der Waals surface area contributed by atoms with Crippen molar-refractivity contribution in [1.82, 2.24) is 10.6 Å². The summed E-state index contributed by atoms with van der Waals surface area (Å²) in [5, 5.41) is 16.0. The summed E-state index contributed by atoms with van der Waals surface area (Å²) in [6, 6.07) is 8.65. The van der Waals surface area contributed by atoms with Gasteiger partial charge in [-0.2, -0.15) is 5.26 Å². The second-order valence-corrected chi connectivity index (χ2v) is 6.22. The Morgan fingerprint density at radius 3 is 2.52 bits per heavy atom. The monoisotopic (exact) mass is 346 g/mol. The molecule has 0 aliphatic heterocycles. The SMILES string of the molecule is CC(C)(C)OC(=O)NCC(=O)Nc1cccc(CNC(=O)CC#N)c1. The molecule has 25 heavy (non-hydrogen) atoms. The average Bonchev–Trinajstić information content (AvgIpc) is 2.50. The number of ether oxygens (including phenoxy) is 1. The van der Waals surface area contributed by atoms with E-state index in [1.54, 1.807) is 51.1 Å². The predicted octanol–water partition coefficient (Wildman–Crippen LogP) is 1.68. The quantitative estimate of drug-likeness (QED) is 0.724. The summed E-state index contributed by atoms with van der Waals surface area (Å²) in [4.78, 5) is 34.6. The summed E-state index contributed by atoms with van der Waals surface area (Å²) < 4.78 is 5.04. The molecule has 0 saturated carbocycles. The number of rotatable bonds is 6. The maximum absolute atomic E-state index is 11.9. The third kappa shape index (κ3) is 8.95. The van der Waals surface area contributed by atoms with Crippen LogP contribution in [0.5, 0.6) is 0 Å². The Kier molecular flexibility index (Phi) is 7.41. The van der Waals surface area contributed by atoms with Gasteiger partial charge in [-0.25, -0.2) is 4.79 Å². The van der Waals surface area contributed by atoms with Crippen LogP contribution in [0.1, 0.15) is 32.8 Å². The summed E-state index contributed by atoms with van der Waals surface area (Å²) in [5.74, 6) is -0.768. The van der Waals surface area contributed by atoms with Gasteiger partial charge in [-0.1, -0.05) is 12.1 Å². The normalized spacial score (nSPS) is 10.3. The number of nitrogens with one attached hydrogen (secondary N) is 3. The number of hydrogen-bond acceptors (Lipinski definition) is 5. The van der Waals surface area contributed by atoms with Crippen molar-refractivity contribution < 1.29 is 19.1 Å². The predicted molar refractivity (Wildman–Crippen MR) is 91.4 cm³/mol. The van der Waals surface area contributed by atoms with Crippen molar-refractivity contribution in [1.29, 1.82) is 5.26 Å². The first-order chi connectivity index (χ1) is 11.7. The maximum atomic E-state index is 11.9. The lowest BCUT2D eigenvalue weighted by atomic mass is 10.2. The fraction of sp³-hybridized carbons (Fsp3) is 0.412. The number of nitrogens with zero attached hydrogens (tertiary/aromatic N) is 1. The Bertz CT molecular complexity index is 674. The second-order valence-electron chi connectivity index (χ2n) is 6.22. The van der Waals surface area contributed by atoms with Crippen LogP contribution in [0.25, 0.3) is 0 Å². The van der Waals surface area contributed by atoms with Crippen molar-refractivity contribution >= 4 is 23.6 Å². The van der Waals surface area contributed by atoms with Gasteiger partial charge >= 0.3 is 6.09 Å². The summed E-state index contributed by atoms with van der Waals surface area (Å²) in [6.07, 6.45) is -0.871. The molecule has 0 aliphatic rings. The van der Waals surface area contributed by atoms with E-state index in [1.165, 1.54) is 0 Å². The van der Waals surface area contributed by atoms with Crippen LogP contribution in [0.15, 0.2) is 24.3 Å². The first-order valence-corrected chi connectivity index (χ1v) is 7.69. The van der Waals surface area contributed by atoms with Crippen LogP contribution in [0.4, 0.5) is 10.5 Å². The molecule has 0 fully saturated rings. The molecule has 1 aromatic carbocycles. The molecule has 3 N–H and O–H groups in total.